The van der Waals surface area contributed by atoms with E-state index in [0.29, 0.717) is 25.4 Å². The lowest BCUT2D eigenvalue weighted by Crippen LogP contribution is -2.37. The Balaban J connectivity index is 1.99. The monoisotopic (exact) mass is 253 g/mol. The Morgan fingerprint density at radius 3 is 2.72 bits per heavy atom. The van der Waals surface area contributed by atoms with Crippen LogP contribution < -0.4 is 0 Å². The first-order chi connectivity index (χ1) is 8.45. The maximum absolute atomic E-state index is 12.1. The summed E-state index contributed by atoms with van der Waals surface area (Å²) in [5.74, 6) is 0.130. The van der Waals surface area contributed by atoms with Gasteiger partial charge in [-0.2, -0.15) is 0 Å². The van der Waals surface area contributed by atoms with Gasteiger partial charge >= 0.3 is 5.97 Å². The fourth-order valence-corrected chi connectivity index (χ4v) is 3.40. The molecule has 2 fully saturated rings. The minimum Gasteiger partial charge on any atom is -0.481 e. The molecule has 0 bridgehead atoms. The Morgan fingerprint density at radius 1 is 1.44 bits per heavy atom. The molecule has 4 heteroatoms. The van der Waals surface area contributed by atoms with Gasteiger partial charge in [0.25, 0.3) is 0 Å². The number of rotatable bonds is 4. The molecule has 2 aliphatic rings. The second kappa shape index (κ2) is 4.90. The fourth-order valence-electron chi connectivity index (χ4n) is 3.40. The highest BCUT2D eigenvalue weighted by Gasteiger charge is 2.55. The highest BCUT2D eigenvalue weighted by molar-refractivity contribution is 5.81. The topological polar surface area (TPSA) is 57.6 Å². The summed E-state index contributed by atoms with van der Waals surface area (Å²) in [4.78, 5) is 25.4. The first-order valence-electron chi connectivity index (χ1n) is 6.97. The highest BCUT2D eigenvalue weighted by Crippen LogP contribution is 2.48. The zero-order chi connectivity index (χ0) is 13.3. The largest absolute Gasteiger partial charge is 0.481 e. The van der Waals surface area contributed by atoms with E-state index in [1.165, 1.54) is 0 Å². The summed E-state index contributed by atoms with van der Waals surface area (Å²) in [6, 6.07) is 0. The predicted octanol–water partition coefficient (Wildman–Crippen LogP) is 2.14. The van der Waals surface area contributed by atoms with E-state index in [0.717, 1.165) is 25.7 Å². The number of hydrogen-bond acceptors (Lipinski definition) is 2. The Labute approximate surface area is 108 Å². The molecule has 0 aromatic rings. The molecule has 1 aliphatic heterocycles. The van der Waals surface area contributed by atoms with Crippen molar-refractivity contribution in [1.82, 2.24) is 4.90 Å². The molecule has 4 nitrogen and oxygen atoms in total. The maximum Gasteiger partial charge on any atom is 0.311 e. The number of aliphatic carboxylic acids is 1. The summed E-state index contributed by atoms with van der Waals surface area (Å²) in [5, 5.41) is 9.45. The number of carboxylic acid groups (broad SMARTS) is 1. The number of fused-ring (bicyclic) bond motifs is 1. The van der Waals surface area contributed by atoms with Crippen LogP contribution in [0.2, 0.25) is 0 Å². The molecule has 0 aromatic heterocycles. The Bertz CT molecular complexity index is 353. The normalized spacial score (nSPS) is 30.8. The van der Waals surface area contributed by atoms with E-state index in [4.69, 9.17) is 0 Å². The lowest BCUT2D eigenvalue weighted by molar-refractivity contribution is -0.149. The van der Waals surface area contributed by atoms with Crippen LogP contribution >= 0.6 is 0 Å². The number of carbonyl (C=O) groups excluding carboxylic acids is 1. The van der Waals surface area contributed by atoms with E-state index in [-0.39, 0.29) is 11.8 Å². The summed E-state index contributed by atoms with van der Waals surface area (Å²) < 4.78 is 0. The van der Waals surface area contributed by atoms with Crippen LogP contribution in [0, 0.1) is 17.3 Å². The van der Waals surface area contributed by atoms with Gasteiger partial charge in [-0.15, -0.1) is 0 Å². The average Bonchev–Trinajstić information content (AvgIpc) is 2.82. The van der Waals surface area contributed by atoms with Crippen LogP contribution in [0.25, 0.3) is 0 Å². The maximum atomic E-state index is 12.1. The van der Waals surface area contributed by atoms with Crippen molar-refractivity contribution in [2.45, 2.75) is 46.0 Å². The fraction of sp³-hybridized carbons (Fsp3) is 0.857. The van der Waals surface area contributed by atoms with E-state index in [1.54, 1.807) is 4.90 Å². The average molecular weight is 253 g/mol. The summed E-state index contributed by atoms with van der Waals surface area (Å²) >= 11 is 0. The van der Waals surface area contributed by atoms with Gasteiger partial charge in [-0.3, -0.25) is 9.59 Å². The number of likely N-dealkylation sites (tertiary alicyclic amines) is 1. The molecule has 1 amide bonds. The second-order valence-corrected chi connectivity index (χ2v) is 6.26. The third-order valence-corrected chi connectivity index (χ3v) is 4.58. The van der Waals surface area contributed by atoms with Crippen LogP contribution in [0.5, 0.6) is 0 Å². The highest BCUT2D eigenvalue weighted by atomic mass is 16.4. The van der Waals surface area contributed by atoms with Gasteiger partial charge in [-0.25, -0.2) is 0 Å². The van der Waals surface area contributed by atoms with Gasteiger partial charge in [0.1, 0.15) is 0 Å². The number of nitrogens with zero attached hydrogens (tertiary/aromatic N) is 1. The van der Waals surface area contributed by atoms with Crippen molar-refractivity contribution in [2.24, 2.45) is 17.3 Å². The van der Waals surface area contributed by atoms with E-state index >= 15 is 0 Å². The van der Waals surface area contributed by atoms with Crippen molar-refractivity contribution in [2.75, 3.05) is 13.1 Å². The second-order valence-electron chi connectivity index (χ2n) is 6.26. The van der Waals surface area contributed by atoms with Crippen LogP contribution in [0.3, 0.4) is 0 Å². The van der Waals surface area contributed by atoms with E-state index in [9.17, 15) is 14.7 Å². The van der Waals surface area contributed by atoms with Crippen molar-refractivity contribution >= 4 is 11.9 Å². The smallest absolute Gasteiger partial charge is 0.311 e. The van der Waals surface area contributed by atoms with Crippen molar-refractivity contribution < 1.29 is 14.7 Å². The zero-order valence-corrected chi connectivity index (χ0v) is 11.3. The molecule has 2 atom stereocenters. The van der Waals surface area contributed by atoms with E-state index < -0.39 is 11.4 Å². The van der Waals surface area contributed by atoms with Gasteiger partial charge in [0.05, 0.1) is 5.41 Å². The van der Waals surface area contributed by atoms with E-state index in [2.05, 4.69) is 13.8 Å². The Morgan fingerprint density at radius 2 is 2.17 bits per heavy atom. The predicted molar refractivity (Wildman–Crippen MR) is 68.1 cm³/mol. The number of carboxylic acids is 1. The summed E-state index contributed by atoms with van der Waals surface area (Å²) in [5.41, 5.74) is -0.631. The van der Waals surface area contributed by atoms with Gasteiger partial charge in [0, 0.05) is 19.5 Å². The standard InChI is InChI=1S/C14H23NO3/c1-10(2)5-6-12(16)15-8-11-4-3-7-14(11,9-15)13(17)18/h10-11H,3-9H2,1-2H3,(H,17,18)/t11-,14+/m0/s1. The first kappa shape index (κ1) is 13.4. The molecule has 1 aliphatic carbocycles. The van der Waals surface area contributed by atoms with Crippen molar-refractivity contribution in [1.29, 1.82) is 0 Å². The number of carbonyl (C=O) groups is 2. The molecular weight excluding hydrogens is 230 g/mol. The van der Waals surface area contributed by atoms with Crippen LogP contribution in [0.4, 0.5) is 0 Å². The SMILES string of the molecule is CC(C)CCC(=O)N1C[C@@H]2CCC[C@@]2(C(=O)O)C1. The Hall–Kier alpha value is -1.06. The van der Waals surface area contributed by atoms with E-state index in [1.807, 2.05) is 0 Å². The molecular formula is C14H23NO3. The third-order valence-electron chi connectivity index (χ3n) is 4.58. The lowest BCUT2D eigenvalue weighted by Gasteiger charge is -2.23. The third kappa shape index (κ3) is 2.25. The van der Waals surface area contributed by atoms with Crippen LogP contribution in [0.1, 0.15) is 46.0 Å². The molecule has 0 unspecified atom stereocenters. The molecule has 18 heavy (non-hydrogen) atoms. The molecule has 2 rings (SSSR count). The molecule has 1 N–H and O–H groups in total. The van der Waals surface area contributed by atoms with Gasteiger partial charge in [0.15, 0.2) is 0 Å². The van der Waals surface area contributed by atoms with Crippen LogP contribution in [0.15, 0.2) is 0 Å². The summed E-state index contributed by atoms with van der Waals surface area (Å²) in [7, 11) is 0. The molecule has 0 radical (unpaired) electrons. The quantitative estimate of drug-likeness (QED) is 0.835. The van der Waals surface area contributed by atoms with Crippen molar-refractivity contribution in [3.8, 4) is 0 Å². The minimum atomic E-state index is -0.704. The number of amides is 1. The van der Waals surface area contributed by atoms with Crippen molar-refractivity contribution in [3.05, 3.63) is 0 Å². The molecule has 0 spiro atoms. The van der Waals surface area contributed by atoms with Crippen molar-refractivity contribution in [3.63, 3.8) is 0 Å². The van der Waals surface area contributed by atoms with Gasteiger partial charge in [0.2, 0.25) is 5.91 Å². The Kier molecular flexibility index (Phi) is 3.64. The lowest BCUT2D eigenvalue weighted by atomic mass is 9.81. The minimum absolute atomic E-state index is 0.138. The van der Waals surface area contributed by atoms with Gasteiger partial charge in [-0.1, -0.05) is 20.3 Å². The molecule has 0 aromatic carbocycles. The van der Waals surface area contributed by atoms with Crippen LogP contribution in [-0.2, 0) is 9.59 Å². The number of hydrogen-bond donors (Lipinski definition) is 1. The summed E-state index contributed by atoms with van der Waals surface area (Å²) in [6.45, 7) is 5.29. The molecule has 1 heterocycles. The van der Waals surface area contributed by atoms with Crippen LogP contribution in [-0.4, -0.2) is 35.0 Å². The summed E-state index contributed by atoms with van der Waals surface area (Å²) in [6.07, 6.45) is 4.13. The van der Waals surface area contributed by atoms with Gasteiger partial charge < -0.3 is 10.0 Å². The molecule has 1 saturated carbocycles. The zero-order valence-electron chi connectivity index (χ0n) is 11.3. The van der Waals surface area contributed by atoms with Gasteiger partial charge in [-0.05, 0) is 31.1 Å². The molecule has 102 valence electrons. The first-order valence-corrected chi connectivity index (χ1v) is 6.97. The molecule has 1 saturated heterocycles.